The summed E-state index contributed by atoms with van der Waals surface area (Å²) in [6.45, 7) is 19.9. The van der Waals surface area contributed by atoms with Gasteiger partial charge in [0, 0.05) is 88.8 Å². The second-order valence-corrected chi connectivity index (χ2v) is 22.5. The van der Waals surface area contributed by atoms with Gasteiger partial charge in [0.25, 0.3) is 5.69 Å². The van der Waals surface area contributed by atoms with Crippen molar-refractivity contribution in [1.29, 1.82) is 0 Å². The largest absolute Gasteiger partial charge is 0.459 e. The minimum absolute atomic E-state index is 0.0608. The van der Waals surface area contributed by atoms with Gasteiger partial charge >= 0.3 is 5.97 Å². The van der Waals surface area contributed by atoms with Crippen LogP contribution >= 0.6 is 0 Å². The van der Waals surface area contributed by atoms with Crippen molar-refractivity contribution in [3.63, 3.8) is 0 Å². The van der Waals surface area contributed by atoms with E-state index in [0.29, 0.717) is 25.9 Å². The summed E-state index contributed by atoms with van der Waals surface area (Å²) in [5.41, 5.74) is -2.55. The number of non-ortho nitro benzene ring substituents is 1. The van der Waals surface area contributed by atoms with Crippen LogP contribution in [-0.4, -0.2) is 187 Å². The Bertz CT molecular complexity index is 2170. The Morgan fingerprint density at radius 2 is 1.61 bits per heavy atom. The molecule has 0 unspecified atom stereocenters. The number of carbonyl (C=O) groups is 2. The fourth-order valence-electron chi connectivity index (χ4n) is 11.9. The number of nitro benzene ring substituents is 1. The smallest absolute Gasteiger partial charge is 0.311 e. The maximum Gasteiger partial charge on any atom is 0.311 e. The highest BCUT2D eigenvalue weighted by molar-refractivity contribution is 5.83. The molecule has 1 aromatic carbocycles. The topological polar surface area (TPSA) is 260 Å². The van der Waals surface area contributed by atoms with Crippen molar-refractivity contribution in [2.24, 2.45) is 23.7 Å². The highest BCUT2D eigenvalue weighted by Crippen LogP contribution is 2.42. The lowest BCUT2D eigenvalue weighted by Gasteiger charge is -2.50. The summed E-state index contributed by atoms with van der Waals surface area (Å²) >= 11 is 0. The number of aliphatic hydroxyl groups is 4. The molecule has 418 valence electrons. The highest BCUT2D eigenvalue weighted by Gasteiger charge is 2.54. The van der Waals surface area contributed by atoms with Gasteiger partial charge in [-0.15, -0.1) is 5.10 Å². The zero-order chi connectivity index (χ0) is 54.6. The van der Waals surface area contributed by atoms with E-state index in [1.165, 1.54) is 33.3 Å². The molecule has 4 aliphatic heterocycles. The van der Waals surface area contributed by atoms with Crippen molar-refractivity contribution in [3.8, 4) is 0 Å². The molecule has 5 heterocycles. The van der Waals surface area contributed by atoms with Crippen LogP contribution in [0.15, 0.2) is 30.5 Å². The normalized spacial score (nSPS) is 40.4. The van der Waals surface area contributed by atoms with Gasteiger partial charge in [0.2, 0.25) is 0 Å². The van der Waals surface area contributed by atoms with Crippen molar-refractivity contribution in [2.45, 2.75) is 211 Å². The molecule has 74 heavy (non-hydrogen) atoms. The molecule has 4 saturated heterocycles. The fraction of sp³-hybridized carbons (Fsp3) is 0.811. The summed E-state index contributed by atoms with van der Waals surface area (Å²) < 4.78 is 46.8. The first-order valence-corrected chi connectivity index (χ1v) is 26.6. The summed E-state index contributed by atoms with van der Waals surface area (Å²) in [4.78, 5) is 43.9. The Hall–Kier alpha value is -3.58. The molecule has 0 bridgehead atoms. The van der Waals surface area contributed by atoms with Crippen molar-refractivity contribution >= 4 is 17.4 Å². The second-order valence-electron chi connectivity index (χ2n) is 22.5. The predicted octanol–water partition coefficient (Wildman–Crippen LogP) is 4.39. The molecule has 21 heteroatoms. The number of benzene rings is 1. The summed E-state index contributed by atoms with van der Waals surface area (Å²) in [5.74, 6) is -4.76. The highest BCUT2D eigenvalue weighted by atomic mass is 16.7. The molecule has 4 N–H and O–H groups in total. The molecular formula is C53H86N6O15. The molecule has 4 aliphatic rings. The van der Waals surface area contributed by atoms with E-state index in [4.69, 9.17) is 33.2 Å². The molecule has 4 fully saturated rings. The standard InChI is InChI=1S/C53H86N6O15/c1-14-41-53(10,65)46(62)32(4)43(60)30(2)25-52(9,69-13)48(33(5)45(34(6)49(64)72-41)73-42-26-51(8,68-12)47(63)35(7)71-42)74-50-44(61)40(24-31(3)70-50)56(11)23-21-37-28-58(55-54-37)39-16-15-22-57(29-39)27-36-17-19-38(20-18-36)59(66)67/h17-20,28,30-35,39-42,44-48,50,61-63,65H,14-16,21-27,29H2,1-13H3/t30-,31-,32+,33+,34-,35+,39-,40+,41-,42+,44-,45+,46-,47+,48-,50+,51-,52-,53-/m1/s1. The maximum atomic E-state index is 14.5. The Morgan fingerprint density at radius 3 is 2.24 bits per heavy atom. The van der Waals surface area contributed by atoms with Crippen LogP contribution in [0.1, 0.15) is 125 Å². The Morgan fingerprint density at radius 1 is 0.932 bits per heavy atom. The first-order valence-electron chi connectivity index (χ1n) is 26.6. The fourth-order valence-corrected chi connectivity index (χ4v) is 11.9. The van der Waals surface area contributed by atoms with Crippen LogP contribution in [-0.2, 0) is 55.7 Å². The molecule has 0 aliphatic carbocycles. The van der Waals surface area contributed by atoms with Crippen LogP contribution in [0.25, 0.3) is 0 Å². The summed E-state index contributed by atoms with van der Waals surface area (Å²) in [6, 6.07) is 6.34. The molecule has 0 amide bonds. The van der Waals surface area contributed by atoms with Crippen molar-refractivity contribution in [1.82, 2.24) is 24.8 Å². The first-order chi connectivity index (χ1) is 34.8. The number of likely N-dealkylation sites (tertiary alicyclic amines) is 1. The average Bonchev–Trinajstić information content (AvgIpc) is 3.86. The van der Waals surface area contributed by atoms with Crippen LogP contribution in [0.4, 0.5) is 5.69 Å². The number of nitro groups is 1. The molecule has 2 aromatic rings. The number of ketones is 1. The number of cyclic esters (lactones) is 1. The van der Waals surface area contributed by atoms with Crippen LogP contribution in [0.5, 0.6) is 0 Å². The van der Waals surface area contributed by atoms with Crippen LogP contribution in [0, 0.1) is 33.8 Å². The lowest BCUT2D eigenvalue weighted by Crippen LogP contribution is -2.61. The third-order valence-electron chi connectivity index (χ3n) is 16.9. The van der Waals surface area contributed by atoms with Gasteiger partial charge in [-0.1, -0.05) is 45.0 Å². The van der Waals surface area contributed by atoms with Gasteiger partial charge in [-0.25, -0.2) is 4.68 Å². The maximum absolute atomic E-state index is 14.5. The number of hydrogen-bond donors (Lipinski definition) is 4. The predicted molar refractivity (Wildman–Crippen MR) is 270 cm³/mol. The van der Waals surface area contributed by atoms with Gasteiger partial charge in [0.15, 0.2) is 12.6 Å². The van der Waals surface area contributed by atoms with E-state index in [2.05, 4.69) is 20.1 Å². The van der Waals surface area contributed by atoms with Crippen molar-refractivity contribution in [3.05, 3.63) is 51.8 Å². The van der Waals surface area contributed by atoms with Gasteiger partial charge in [-0.05, 0) is 92.8 Å². The number of hydrogen-bond acceptors (Lipinski definition) is 19. The van der Waals surface area contributed by atoms with Gasteiger partial charge in [-0.2, -0.15) is 0 Å². The zero-order valence-corrected chi connectivity index (χ0v) is 45.9. The average molecular weight is 1050 g/mol. The van der Waals surface area contributed by atoms with E-state index in [1.54, 1.807) is 60.6 Å². The molecule has 0 spiro atoms. The van der Waals surface area contributed by atoms with E-state index in [-0.39, 0.29) is 42.9 Å². The monoisotopic (exact) mass is 1050 g/mol. The number of methoxy groups -OCH3 is 2. The summed E-state index contributed by atoms with van der Waals surface area (Å²) in [5, 5.41) is 67.1. The number of esters is 1. The minimum atomic E-state index is -2.01. The van der Waals surface area contributed by atoms with Gasteiger partial charge < -0.3 is 58.5 Å². The van der Waals surface area contributed by atoms with E-state index < -0.39 is 113 Å². The third-order valence-corrected chi connectivity index (χ3v) is 16.9. The van der Waals surface area contributed by atoms with E-state index in [9.17, 15) is 40.1 Å². The van der Waals surface area contributed by atoms with Gasteiger partial charge in [0.05, 0.1) is 64.3 Å². The number of rotatable bonds is 15. The molecule has 0 saturated carbocycles. The number of piperidine rings is 1. The van der Waals surface area contributed by atoms with E-state index in [1.807, 2.05) is 31.8 Å². The SMILES string of the molecule is CC[C@H]1OC(=O)[C@H](C)[C@@H](O[C@H]2C[C@@](C)(OC)[C@@H](O)[C@H](C)O2)[C@H](C)[C@@H](O[C@@H]2O[C@H](C)C[C@H](N(C)CCc3cn([C@@H]4CCCN(Cc5ccc([N+](=O)[O-])cc5)C4)nn3)[C@H]2O)[C@](C)(OC)C[C@@H](C)C(=O)[C@H](C)[C@@H](O)[C@]1(C)O. The lowest BCUT2D eigenvalue weighted by atomic mass is 9.74. The molecule has 19 atom stereocenters. The zero-order valence-electron chi connectivity index (χ0n) is 45.9. The van der Waals surface area contributed by atoms with Crippen LogP contribution in [0.2, 0.25) is 0 Å². The second kappa shape index (κ2) is 24.8. The molecule has 0 radical (unpaired) electrons. The number of Topliss-reactive ketones (excluding diaryl/α,β-unsaturated/α-hetero) is 1. The number of carbonyl (C=O) groups excluding carboxylic acids is 2. The number of nitrogens with zero attached hydrogens (tertiary/aromatic N) is 6. The number of likely N-dealkylation sites (N-methyl/N-ethyl adjacent to an activating group) is 1. The number of aliphatic hydroxyl groups excluding tert-OH is 3. The van der Waals surface area contributed by atoms with Crippen molar-refractivity contribution < 1.29 is 68.1 Å². The molecular weight excluding hydrogens is 961 g/mol. The summed E-state index contributed by atoms with van der Waals surface area (Å²) in [6.07, 6.45) is -5.24. The molecule has 21 nitrogen and oxygen atoms in total. The Balaban J connectivity index is 1.24. The molecule has 6 rings (SSSR count). The lowest BCUT2D eigenvalue weighted by molar-refractivity contribution is -0.384. The van der Waals surface area contributed by atoms with E-state index >= 15 is 0 Å². The van der Waals surface area contributed by atoms with E-state index in [0.717, 1.165) is 37.2 Å². The van der Waals surface area contributed by atoms with Crippen molar-refractivity contribution in [2.75, 3.05) is 40.9 Å². The van der Waals surface area contributed by atoms with Gasteiger partial charge in [-0.3, -0.25) is 24.6 Å². The Kier molecular flexibility index (Phi) is 20.0. The summed E-state index contributed by atoms with van der Waals surface area (Å²) in [7, 11) is 4.94. The third kappa shape index (κ3) is 13.4. The van der Waals surface area contributed by atoms with Crippen LogP contribution in [0.3, 0.4) is 0 Å². The molecule has 1 aromatic heterocycles. The quantitative estimate of drug-likeness (QED) is 0.110. The Labute approximate surface area is 436 Å². The minimum Gasteiger partial charge on any atom is -0.459 e. The first kappa shape index (κ1) is 59.7. The van der Waals surface area contributed by atoms with Crippen LogP contribution < -0.4 is 0 Å². The van der Waals surface area contributed by atoms with Gasteiger partial charge in [0.1, 0.15) is 29.7 Å². The number of aromatic nitrogens is 3. The number of ether oxygens (including phenoxy) is 7.